The number of ether oxygens (including phenoxy) is 1. The van der Waals surface area contributed by atoms with Crippen molar-refractivity contribution in [3.05, 3.63) is 0 Å². The van der Waals surface area contributed by atoms with E-state index in [0.717, 1.165) is 25.9 Å². The predicted molar refractivity (Wildman–Crippen MR) is 26.7 cm³/mol. The van der Waals surface area contributed by atoms with E-state index in [1.54, 1.807) is 0 Å². The van der Waals surface area contributed by atoms with Gasteiger partial charge in [-0.25, -0.2) is 0 Å². The van der Waals surface area contributed by atoms with Crippen molar-refractivity contribution in [3.8, 4) is 0 Å². The van der Waals surface area contributed by atoms with E-state index in [9.17, 15) is 5.11 Å². The molecule has 2 fully saturated rings. The van der Waals surface area contributed by atoms with Gasteiger partial charge in [0.1, 0.15) is 0 Å². The molecule has 2 nitrogen and oxygen atoms in total. The average Bonchev–Trinajstić information content (AvgIpc) is 2.21. The minimum Gasteiger partial charge on any atom is -0.347 e. The van der Waals surface area contributed by atoms with E-state index in [1.165, 1.54) is 0 Å². The molecular formula is C6H9O2. The Balaban J connectivity index is 2.19. The van der Waals surface area contributed by atoms with Crippen molar-refractivity contribution >= 4 is 0 Å². The van der Waals surface area contributed by atoms with Gasteiger partial charge in [0, 0.05) is 12.8 Å². The molecule has 2 bridgehead atoms. The van der Waals surface area contributed by atoms with Crippen LogP contribution in [0.1, 0.15) is 19.3 Å². The quantitative estimate of drug-likeness (QED) is 0.459. The van der Waals surface area contributed by atoms with E-state index in [1.807, 2.05) is 0 Å². The maximum atomic E-state index is 11.1. The highest BCUT2D eigenvalue weighted by atomic mass is 16.6. The molecule has 2 unspecified atom stereocenters. The molecule has 1 aliphatic carbocycles. The van der Waals surface area contributed by atoms with Gasteiger partial charge in [-0.1, -0.05) is 0 Å². The Morgan fingerprint density at radius 1 is 1.62 bits per heavy atom. The first kappa shape index (κ1) is 4.77. The van der Waals surface area contributed by atoms with E-state index in [2.05, 4.69) is 0 Å². The fourth-order valence-corrected chi connectivity index (χ4v) is 1.61. The van der Waals surface area contributed by atoms with Gasteiger partial charge >= 0.3 is 0 Å². The smallest absolute Gasteiger partial charge is 0.202 e. The van der Waals surface area contributed by atoms with Gasteiger partial charge in [0.25, 0.3) is 0 Å². The van der Waals surface area contributed by atoms with Crippen LogP contribution in [0.2, 0.25) is 0 Å². The summed E-state index contributed by atoms with van der Waals surface area (Å²) in [5, 5.41) is 11.1. The molecule has 0 aromatic heterocycles. The van der Waals surface area contributed by atoms with Gasteiger partial charge in [0.05, 0.1) is 6.61 Å². The highest BCUT2D eigenvalue weighted by Gasteiger charge is 2.46. The van der Waals surface area contributed by atoms with Gasteiger partial charge in [-0.2, -0.15) is 5.11 Å². The molecule has 45 valence electrons. The van der Waals surface area contributed by atoms with E-state index in [0.29, 0.717) is 5.92 Å². The summed E-state index contributed by atoms with van der Waals surface area (Å²) in [6.45, 7) is 0.726. The monoisotopic (exact) mass is 113 g/mol. The Morgan fingerprint density at radius 2 is 2.50 bits per heavy atom. The first-order valence-electron chi connectivity index (χ1n) is 3.13. The Bertz CT molecular complexity index is 103. The molecule has 0 amide bonds. The standard InChI is InChI=1S/C6H9O2/c7-6-2-1-5(3-6)4-8-6/h5H,1-4H2. The topological polar surface area (TPSA) is 29.1 Å². The van der Waals surface area contributed by atoms with Crippen LogP contribution in [0.25, 0.3) is 0 Å². The summed E-state index contributed by atoms with van der Waals surface area (Å²) in [6, 6.07) is 0. The van der Waals surface area contributed by atoms with Crippen molar-refractivity contribution in [3.63, 3.8) is 0 Å². The van der Waals surface area contributed by atoms with Crippen LogP contribution in [0.5, 0.6) is 0 Å². The Morgan fingerprint density at radius 3 is 2.62 bits per heavy atom. The summed E-state index contributed by atoms with van der Waals surface area (Å²) >= 11 is 0. The zero-order chi connectivity index (χ0) is 5.61. The zero-order valence-electron chi connectivity index (χ0n) is 4.72. The molecule has 8 heavy (non-hydrogen) atoms. The van der Waals surface area contributed by atoms with Gasteiger partial charge in [0.2, 0.25) is 5.79 Å². The second-order valence-electron chi connectivity index (χ2n) is 2.83. The van der Waals surface area contributed by atoms with Crippen LogP contribution in [-0.4, -0.2) is 12.4 Å². The molecule has 2 heteroatoms. The summed E-state index contributed by atoms with van der Waals surface area (Å²) < 4.78 is 4.98. The molecule has 1 heterocycles. The van der Waals surface area contributed by atoms with E-state index >= 15 is 0 Å². The lowest BCUT2D eigenvalue weighted by atomic mass is 10.1. The number of fused-ring (bicyclic) bond motifs is 2. The average molecular weight is 113 g/mol. The highest BCUT2D eigenvalue weighted by Crippen LogP contribution is 2.42. The van der Waals surface area contributed by atoms with Crippen LogP contribution < -0.4 is 0 Å². The third kappa shape index (κ3) is 0.501. The maximum absolute atomic E-state index is 11.1. The molecule has 1 saturated carbocycles. The Hall–Kier alpha value is -0.0800. The number of rotatable bonds is 0. The maximum Gasteiger partial charge on any atom is 0.202 e. The normalized spacial score (nSPS) is 52.9. The Labute approximate surface area is 48.5 Å². The van der Waals surface area contributed by atoms with Crippen LogP contribution in [0.15, 0.2) is 0 Å². The molecule has 1 radical (unpaired) electrons. The SMILES string of the molecule is [O]C12CCC(CO1)C2. The lowest BCUT2D eigenvalue weighted by Crippen LogP contribution is -2.23. The van der Waals surface area contributed by atoms with Gasteiger partial charge in [-0.15, -0.1) is 0 Å². The van der Waals surface area contributed by atoms with Crippen LogP contribution >= 0.6 is 0 Å². The molecule has 2 atom stereocenters. The van der Waals surface area contributed by atoms with Crippen molar-refractivity contribution in [1.29, 1.82) is 0 Å². The van der Waals surface area contributed by atoms with E-state index in [-0.39, 0.29) is 0 Å². The fraction of sp³-hybridized carbons (Fsp3) is 1.00. The Kier molecular flexibility index (Phi) is 0.746. The summed E-state index contributed by atoms with van der Waals surface area (Å²) in [5.74, 6) is -0.336. The minimum atomic E-state index is -0.940. The van der Waals surface area contributed by atoms with Crippen LogP contribution in [0.4, 0.5) is 0 Å². The van der Waals surface area contributed by atoms with Gasteiger partial charge in [-0.05, 0) is 12.3 Å². The van der Waals surface area contributed by atoms with Crippen LogP contribution in [-0.2, 0) is 9.84 Å². The third-order valence-electron chi connectivity index (χ3n) is 2.12. The summed E-state index contributed by atoms with van der Waals surface area (Å²) in [6.07, 6.45) is 2.62. The molecule has 1 aliphatic heterocycles. The summed E-state index contributed by atoms with van der Waals surface area (Å²) in [4.78, 5) is 0. The van der Waals surface area contributed by atoms with E-state index < -0.39 is 5.79 Å². The van der Waals surface area contributed by atoms with Crippen molar-refractivity contribution in [2.75, 3.05) is 6.61 Å². The van der Waals surface area contributed by atoms with Crippen molar-refractivity contribution < 1.29 is 9.84 Å². The van der Waals surface area contributed by atoms with Gasteiger partial charge in [0.15, 0.2) is 0 Å². The lowest BCUT2D eigenvalue weighted by molar-refractivity contribution is -0.216. The highest BCUT2D eigenvalue weighted by molar-refractivity contribution is 4.87. The van der Waals surface area contributed by atoms with Crippen molar-refractivity contribution in [2.24, 2.45) is 5.92 Å². The molecular weight excluding hydrogens is 104 g/mol. The lowest BCUT2D eigenvalue weighted by Gasteiger charge is -2.15. The molecule has 1 saturated heterocycles. The second-order valence-corrected chi connectivity index (χ2v) is 2.83. The molecule has 0 aromatic carbocycles. The molecule has 0 N–H and O–H groups in total. The summed E-state index contributed by atoms with van der Waals surface area (Å²) in [5.41, 5.74) is 0. The van der Waals surface area contributed by atoms with Crippen LogP contribution in [0.3, 0.4) is 0 Å². The molecule has 2 aliphatic rings. The van der Waals surface area contributed by atoms with Crippen LogP contribution in [0, 0.1) is 5.92 Å². The largest absolute Gasteiger partial charge is 0.347 e. The second kappa shape index (κ2) is 1.25. The minimum absolute atomic E-state index is 0.604. The first-order chi connectivity index (χ1) is 3.79. The van der Waals surface area contributed by atoms with Crippen molar-refractivity contribution in [1.82, 2.24) is 0 Å². The first-order valence-corrected chi connectivity index (χ1v) is 3.13. The molecule has 2 rings (SSSR count). The number of hydrogen-bond donors (Lipinski definition) is 0. The van der Waals surface area contributed by atoms with Gasteiger partial charge in [-0.3, -0.25) is 0 Å². The predicted octanol–water partition coefficient (Wildman–Crippen LogP) is 0.944. The summed E-state index contributed by atoms with van der Waals surface area (Å²) in [7, 11) is 0. The zero-order valence-corrected chi connectivity index (χ0v) is 4.72. The van der Waals surface area contributed by atoms with Gasteiger partial charge < -0.3 is 4.74 Å². The van der Waals surface area contributed by atoms with E-state index in [4.69, 9.17) is 4.74 Å². The number of hydrogen-bond acceptors (Lipinski definition) is 1. The third-order valence-corrected chi connectivity index (χ3v) is 2.12. The van der Waals surface area contributed by atoms with Crippen molar-refractivity contribution in [2.45, 2.75) is 25.0 Å². The molecule has 0 spiro atoms. The fourth-order valence-electron chi connectivity index (χ4n) is 1.61. The molecule has 0 aromatic rings.